The minimum Gasteiger partial charge on any atom is -0.396 e. The highest BCUT2D eigenvalue weighted by Crippen LogP contribution is 2.42. The van der Waals surface area contributed by atoms with Crippen LogP contribution in [0.25, 0.3) is 43.1 Å². The van der Waals surface area contributed by atoms with Crippen LogP contribution in [0, 0.1) is 22.7 Å². The van der Waals surface area contributed by atoms with Crippen LogP contribution < -0.4 is 5.32 Å². The van der Waals surface area contributed by atoms with Crippen LogP contribution in [0.4, 0.5) is 0 Å². The number of fused-ring (bicyclic) bond motifs is 7. The lowest BCUT2D eigenvalue weighted by Crippen LogP contribution is -2.24. The average Bonchev–Trinajstić information content (AvgIpc) is 2.87. The highest BCUT2D eigenvalue weighted by atomic mass is 16.3. The van der Waals surface area contributed by atoms with Crippen molar-refractivity contribution < 1.29 is 9.90 Å². The quantitative estimate of drug-likeness (QED) is 0.234. The largest absolute Gasteiger partial charge is 0.396 e. The summed E-state index contributed by atoms with van der Waals surface area (Å²) in [6.07, 6.45) is 0.489. The molecular formula is C28H19N3O2. The van der Waals surface area contributed by atoms with Crippen LogP contribution in [-0.2, 0) is 0 Å². The third-order valence-electron chi connectivity index (χ3n) is 6.10. The van der Waals surface area contributed by atoms with Crippen molar-refractivity contribution in [2.75, 3.05) is 13.2 Å². The molecule has 5 rings (SSSR count). The lowest BCUT2D eigenvalue weighted by molar-refractivity contribution is 0.0951. The summed E-state index contributed by atoms with van der Waals surface area (Å²) >= 11 is 0. The van der Waals surface area contributed by atoms with Crippen LogP contribution in [0.3, 0.4) is 0 Å². The van der Waals surface area contributed by atoms with E-state index in [-0.39, 0.29) is 12.5 Å². The van der Waals surface area contributed by atoms with E-state index in [4.69, 9.17) is 5.11 Å². The van der Waals surface area contributed by atoms with Crippen molar-refractivity contribution in [2.24, 2.45) is 0 Å². The van der Waals surface area contributed by atoms with E-state index in [1.807, 2.05) is 60.7 Å². The van der Waals surface area contributed by atoms with Gasteiger partial charge in [-0.2, -0.15) is 10.5 Å². The predicted octanol–water partition coefficient (Wildman–Crippen LogP) is 5.15. The van der Waals surface area contributed by atoms with Crippen molar-refractivity contribution in [1.82, 2.24) is 5.32 Å². The standard InChI is InChI=1S/C28H19N3O2/c29-15-24-18-6-1-2-7-19(18)25(16-30)27-22-11-10-17(28(33)31-12-5-13-32)14-23(22)20-8-3-4-9-21(20)26(24)27/h1-4,6-11,14,32H,5,12-13H2,(H,31,33). The highest BCUT2D eigenvalue weighted by Gasteiger charge is 2.20. The zero-order valence-electron chi connectivity index (χ0n) is 17.7. The van der Waals surface area contributed by atoms with E-state index in [9.17, 15) is 15.3 Å². The summed E-state index contributed by atoms with van der Waals surface area (Å²) in [5.74, 6) is -0.216. The van der Waals surface area contributed by atoms with Crippen LogP contribution in [0.2, 0.25) is 0 Å². The van der Waals surface area contributed by atoms with Crippen LogP contribution in [0.5, 0.6) is 0 Å². The summed E-state index contributed by atoms with van der Waals surface area (Å²) in [4.78, 5) is 12.7. The van der Waals surface area contributed by atoms with Crippen LogP contribution in [0.1, 0.15) is 27.9 Å². The molecule has 5 aromatic carbocycles. The molecule has 1 amide bonds. The van der Waals surface area contributed by atoms with Crippen LogP contribution in [0.15, 0.2) is 66.7 Å². The molecule has 0 aliphatic carbocycles. The molecule has 33 heavy (non-hydrogen) atoms. The maximum absolute atomic E-state index is 12.7. The van der Waals surface area contributed by atoms with Gasteiger partial charge in [0.1, 0.15) is 12.1 Å². The zero-order chi connectivity index (χ0) is 22.9. The summed E-state index contributed by atoms with van der Waals surface area (Å²) in [6, 6.07) is 25.5. The topological polar surface area (TPSA) is 96.9 Å². The summed E-state index contributed by atoms with van der Waals surface area (Å²) in [7, 11) is 0. The summed E-state index contributed by atoms with van der Waals surface area (Å²) in [5, 5.41) is 38.6. The van der Waals surface area contributed by atoms with Gasteiger partial charge < -0.3 is 10.4 Å². The van der Waals surface area contributed by atoms with Crippen molar-refractivity contribution in [1.29, 1.82) is 10.5 Å². The Bertz CT molecular complexity index is 1670. The normalized spacial score (nSPS) is 11.0. The number of carbonyl (C=O) groups is 1. The van der Waals surface area contributed by atoms with Gasteiger partial charge in [0.2, 0.25) is 0 Å². The van der Waals surface area contributed by atoms with Gasteiger partial charge in [0.15, 0.2) is 0 Å². The zero-order valence-corrected chi connectivity index (χ0v) is 17.7. The molecule has 158 valence electrons. The second-order valence-electron chi connectivity index (χ2n) is 7.91. The Balaban J connectivity index is 1.95. The lowest BCUT2D eigenvalue weighted by atomic mass is 9.85. The minimum atomic E-state index is -0.216. The van der Waals surface area contributed by atoms with Gasteiger partial charge in [-0.25, -0.2) is 0 Å². The van der Waals surface area contributed by atoms with E-state index in [0.29, 0.717) is 29.7 Å². The molecule has 5 aromatic rings. The number of benzene rings is 5. The van der Waals surface area contributed by atoms with Crippen LogP contribution >= 0.6 is 0 Å². The van der Waals surface area contributed by atoms with E-state index < -0.39 is 0 Å². The highest BCUT2D eigenvalue weighted by molar-refractivity contribution is 6.31. The van der Waals surface area contributed by atoms with Gasteiger partial charge in [0, 0.05) is 40.3 Å². The van der Waals surface area contributed by atoms with E-state index in [2.05, 4.69) is 17.5 Å². The number of nitriles is 2. The Labute approximate surface area is 190 Å². The number of amides is 1. The van der Waals surface area contributed by atoms with Crippen LogP contribution in [-0.4, -0.2) is 24.2 Å². The fourth-order valence-corrected chi connectivity index (χ4v) is 4.65. The van der Waals surface area contributed by atoms with Gasteiger partial charge in [-0.15, -0.1) is 0 Å². The molecular weight excluding hydrogens is 410 g/mol. The number of hydrogen-bond acceptors (Lipinski definition) is 4. The van der Waals surface area contributed by atoms with Crippen molar-refractivity contribution in [3.05, 3.63) is 83.4 Å². The maximum atomic E-state index is 12.7. The van der Waals surface area contributed by atoms with Crippen molar-refractivity contribution in [2.45, 2.75) is 6.42 Å². The number of hydrogen-bond donors (Lipinski definition) is 2. The number of nitrogens with one attached hydrogen (secondary N) is 1. The second kappa shape index (κ2) is 8.24. The van der Waals surface area contributed by atoms with Crippen molar-refractivity contribution in [3.8, 4) is 12.1 Å². The number of aliphatic hydroxyl groups is 1. The number of nitrogens with zero attached hydrogens (tertiary/aromatic N) is 2. The van der Waals surface area contributed by atoms with Crippen molar-refractivity contribution in [3.63, 3.8) is 0 Å². The summed E-state index contributed by atoms with van der Waals surface area (Å²) in [6.45, 7) is 0.405. The number of aliphatic hydroxyl groups excluding tert-OH is 1. The Hall–Kier alpha value is -4.45. The van der Waals surface area contributed by atoms with E-state index in [0.717, 1.165) is 43.1 Å². The average molecular weight is 429 g/mol. The van der Waals surface area contributed by atoms with E-state index >= 15 is 0 Å². The lowest BCUT2D eigenvalue weighted by Gasteiger charge is -2.16. The molecule has 0 spiro atoms. The van der Waals surface area contributed by atoms with E-state index in [1.54, 1.807) is 6.07 Å². The summed E-state index contributed by atoms with van der Waals surface area (Å²) in [5.41, 5.74) is 1.57. The molecule has 0 saturated heterocycles. The molecule has 0 aromatic heterocycles. The van der Waals surface area contributed by atoms with Gasteiger partial charge in [0.05, 0.1) is 11.1 Å². The first-order chi connectivity index (χ1) is 16.2. The van der Waals surface area contributed by atoms with Gasteiger partial charge in [-0.1, -0.05) is 54.6 Å². The Kier molecular flexibility index (Phi) is 5.11. The molecule has 2 N–H and O–H groups in total. The SMILES string of the molecule is N#Cc1c2ccccc2c(C#N)c2c3ccc(C(=O)NCCCO)cc3c3ccccc3c12. The van der Waals surface area contributed by atoms with E-state index in [1.165, 1.54) is 0 Å². The fourth-order valence-electron chi connectivity index (χ4n) is 4.65. The smallest absolute Gasteiger partial charge is 0.251 e. The van der Waals surface area contributed by atoms with Crippen molar-refractivity contribution >= 4 is 49.0 Å². The van der Waals surface area contributed by atoms with Gasteiger partial charge in [0.25, 0.3) is 5.91 Å². The molecule has 5 nitrogen and oxygen atoms in total. The predicted molar refractivity (Wildman–Crippen MR) is 130 cm³/mol. The fraction of sp³-hybridized carbons (Fsp3) is 0.107. The number of carbonyl (C=O) groups excluding carboxylic acids is 1. The third-order valence-corrected chi connectivity index (χ3v) is 6.10. The first kappa shape index (κ1) is 20.5. The molecule has 0 aliphatic rings. The Morgan fingerprint density at radius 2 is 1.30 bits per heavy atom. The van der Waals surface area contributed by atoms with Gasteiger partial charge in [-0.3, -0.25) is 4.79 Å². The molecule has 0 fully saturated rings. The summed E-state index contributed by atoms with van der Waals surface area (Å²) < 4.78 is 0. The Morgan fingerprint density at radius 3 is 1.88 bits per heavy atom. The molecule has 0 aliphatic heterocycles. The molecule has 0 saturated carbocycles. The van der Waals surface area contributed by atoms with Gasteiger partial charge >= 0.3 is 0 Å². The Morgan fingerprint density at radius 1 is 0.758 bits per heavy atom. The molecule has 0 heterocycles. The third kappa shape index (κ3) is 3.15. The first-order valence-corrected chi connectivity index (χ1v) is 10.7. The molecule has 5 heteroatoms. The molecule has 0 unspecified atom stereocenters. The second-order valence-corrected chi connectivity index (χ2v) is 7.91. The first-order valence-electron chi connectivity index (χ1n) is 10.7. The molecule has 0 atom stereocenters. The monoisotopic (exact) mass is 429 g/mol. The minimum absolute atomic E-state index is 0.0146. The maximum Gasteiger partial charge on any atom is 0.251 e. The van der Waals surface area contributed by atoms with Gasteiger partial charge in [-0.05, 0) is 40.1 Å². The number of rotatable bonds is 4. The molecule has 0 bridgehead atoms. The molecule has 0 radical (unpaired) electrons.